The van der Waals surface area contributed by atoms with E-state index >= 15 is 0 Å². The second kappa shape index (κ2) is 8.94. The van der Waals surface area contributed by atoms with Crippen LogP contribution in [0.15, 0.2) is 54.6 Å². The third-order valence-corrected chi connectivity index (χ3v) is 7.17. The first-order valence-electron chi connectivity index (χ1n) is 7.36. The maximum atomic E-state index is 2.38. The van der Waals surface area contributed by atoms with Crippen LogP contribution in [0.5, 0.6) is 0 Å². The van der Waals surface area contributed by atoms with Crippen LogP contribution in [0.2, 0.25) is 0 Å². The summed E-state index contributed by atoms with van der Waals surface area (Å²) in [7, 11) is 0.00669. The molecule has 0 nitrogen and oxygen atoms in total. The van der Waals surface area contributed by atoms with Crippen LogP contribution in [-0.4, -0.2) is 10.3 Å². The SMILES string of the molecule is CC(C)(C)P(C[c-]1cccc1)C(C)(C)C.[Fe].[cH-]1[cH-][cH-][cH-][cH-]1. The smallest absolute Gasteiger partial charge is 0 e. The molecule has 0 fully saturated rings. The minimum atomic E-state index is 0. The molecule has 124 valence electrons. The molecular weight excluding hydrogens is 315 g/mol. The molecule has 2 rings (SSSR count). The van der Waals surface area contributed by atoms with Crippen LogP contribution in [0.3, 0.4) is 0 Å². The topological polar surface area (TPSA) is 0 Å². The van der Waals surface area contributed by atoms with Gasteiger partial charge in [0.15, 0.2) is 0 Å². The Morgan fingerprint density at radius 3 is 1.38 bits per heavy atom. The molecule has 0 N–H and O–H groups in total. The molecule has 0 saturated carbocycles. The van der Waals surface area contributed by atoms with Gasteiger partial charge in [-0.1, -0.05) is 47.7 Å². The maximum absolute atomic E-state index is 2.38. The Morgan fingerprint density at radius 1 is 0.762 bits per heavy atom. The van der Waals surface area contributed by atoms with Crippen molar-refractivity contribution in [2.24, 2.45) is 0 Å². The third kappa shape index (κ3) is 8.01. The Hall–Kier alpha value is -0.351. The summed E-state index contributed by atoms with van der Waals surface area (Å²) in [5, 5.41) is 0.871. The van der Waals surface area contributed by atoms with Crippen molar-refractivity contribution < 1.29 is 17.1 Å². The predicted molar refractivity (Wildman–Crippen MR) is 94.2 cm³/mol. The molecule has 0 radical (unpaired) electrons. The summed E-state index contributed by atoms with van der Waals surface area (Å²) in [4.78, 5) is 0. The van der Waals surface area contributed by atoms with E-state index in [0.29, 0.717) is 10.3 Å². The van der Waals surface area contributed by atoms with Gasteiger partial charge in [-0.3, -0.25) is 0 Å². The molecule has 0 amide bonds. The fourth-order valence-electron chi connectivity index (χ4n) is 2.50. The van der Waals surface area contributed by atoms with Gasteiger partial charge in [-0.15, -0.1) is 7.92 Å². The molecule has 0 aliphatic heterocycles. The fraction of sp³-hybridized carbons (Fsp3) is 0.474. The molecule has 0 spiro atoms. The van der Waals surface area contributed by atoms with E-state index in [1.165, 1.54) is 11.7 Å². The van der Waals surface area contributed by atoms with Crippen molar-refractivity contribution in [2.45, 2.75) is 58.0 Å². The maximum Gasteiger partial charge on any atom is 0 e. The van der Waals surface area contributed by atoms with Gasteiger partial charge in [0.2, 0.25) is 0 Å². The standard InChI is InChI=1S/C14H24P.C5H5.Fe/c1-13(2,3)15(14(4,5)6)11-12-9-7-8-10-12;1-2-4-5-3-1;/h7-10H,11H2,1-6H3;1-5H;/q-1;-5;. The summed E-state index contributed by atoms with van der Waals surface area (Å²) in [5.41, 5.74) is 1.51. The van der Waals surface area contributed by atoms with E-state index in [0.717, 1.165) is 0 Å². The molecule has 0 aliphatic rings. The minimum Gasteiger partial charge on any atom is -0.748 e. The van der Waals surface area contributed by atoms with Gasteiger partial charge >= 0.3 is 0 Å². The largest absolute Gasteiger partial charge is 0.748 e. The molecule has 0 heterocycles. The van der Waals surface area contributed by atoms with E-state index in [-0.39, 0.29) is 25.0 Å². The molecule has 0 atom stereocenters. The van der Waals surface area contributed by atoms with Crippen LogP contribution in [0, 0.1) is 0 Å². The van der Waals surface area contributed by atoms with Gasteiger partial charge in [-0.2, -0.15) is 17.7 Å². The van der Waals surface area contributed by atoms with E-state index in [2.05, 4.69) is 65.8 Å². The van der Waals surface area contributed by atoms with Crippen LogP contribution >= 0.6 is 7.92 Å². The fourth-order valence-corrected chi connectivity index (χ4v) is 6.04. The second-order valence-corrected chi connectivity index (χ2v) is 11.0. The zero-order valence-electron chi connectivity index (χ0n) is 14.2. The Labute approximate surface area is 143 Å². The van der Waals surface area contributed by atoms with Crippen molar-refractivity contribution >= 4 is 7.92 Å². The molecule has 21 heavy (non-hydrogen) atoms. The summed E-state index contributed by atoms with van der Waals surface area (Å²) in [6.07, 6.45) is 1.26. The first-order valence-corrected chi connectivity index (χ1v) is 8.89. The minimum absolute atomic E-state index is 0. The Morgan fingerprint density at radius 2 is 1.10 bits per heavy atom. The molecule has 2 aromatic rings. The molecule has 2 heteroatoms. The van der Waals surface area contributed by atoms with E-state index in [1.54, 1.807) is 0 Å². The van der Waals surface area contributed by atoms with E-state index in [4.69, 9.17) is 0 Å². The molecule has 2 aromatic carbocycles. The normalized spacial score (nSPS) is 11.6. The zero-order valence-corrected chi connectivity index (χ0v) is 16.2. The molecule has 0 unspecified atom stereocenters. The van der Waals surface area contributed by atoms with Gasteiger partial charge in [-0.05, 0) is 10.3 Å². The molecular formula is C19H29FeP-6. The Kier molecular flexibility index (Phi) is 8.79. The van der Waals surface area contributed by atoms with Gasteiger partial charge in [0, 0.05) is 17.1 Å². The Bertz CT molecular complexity index is 409. The van der Waals surface area contributed by atoms with Crippen molar-refractivity contribution in [3.8, 4) is 0 Å². The summed E-state index contributed by atoms with van der Waals surface area (Å²) in [6.45, 7) is 14.3. The monoisotopic (exact) mass is 344 g/mol. The summed E-state index contributed by atoms with van der Waals surface area (Å²) in [6, 6.07) is 18.8. The average Bonchev–Trinajstić information content (AvgIpc) is 2.99. The first kappa shape index (κ1) is 20.6. The number of rotatable bonds is 2. The molecule has 0 bridgehead atoms. The molecule has 0 aliphatic carbocycles. The summed E-state index contributed by atoms with van der Waals surface area (Å²) < 4.78 is 0. The van der Waals surface area contributed by atoms with Gasteiger partial charge in [0.05, 0.1) is 0 Å². The van der Waals surface area contributed by atoms with Crippen LogP contribution in [0.25, 0.3) is 0 Å². The quantitative estimate of drug-likeness (QED) is 0.336. The van der Waals surface area contributed by atoms with Gasteiger partial charge in [0.1, 0.15) is 0 Å². The van der Waals surface area contributed by atoms with Crippen molar-refractivity contribution in [3.63, 3.8) is 0 Å². The van der Waals surface area contributed by atoms with Gasteiger partial charge in [0.25, 0.3) is 0 Å². The van der Waals surface area contributed by atoms with Gasteiger partial charge < -0.3 is 30.3 Å². The first-order chi connectivity index (χ1) is 9.21. The second-order valence-electron chi connectivity index (χ2n) is 7.18. The van der Waals surface area contributed by atoms with Crippen molar-refractivity contribution in [2.75, 3.05) is 0 Å². The van der Waals surface area contributed by atoms with E-state index < -0.39 is 0 Å². The van der Waals surface area contributed by atoms with Crippen LogP contribution in [0.4, 0.5) is 0 Å². The predicted octanol–water partition coefficient (Wildman–Crippen LogP) is 6.39. The van der Waals surface area contributed by atoms with Crippen molar-refractivity contribution in [1.82, 2.24) is 0 Å². The van der Waals surface area contributed by atoms with Crippen LogP contribution < -0.4 is 0 Å². The van der Waals surface area contributed by atoms with E-state index in [9.17, 15) is 0 Å². The number of hydrogen-bond donors (Lipinski definition) is 0. The number of hydrogen-bond acceptors (Lipinski definition) is 0. The molecule has 0 aromatic heterocycles. The summed E-state index contributed by atoms with van der Waals surface area (Å²) in [5.74, 6) is 0. The van der Waals surface area contributed by atoms with Crippen LogP contribution in [-0.2, 0) is 23.2 Å². The van der Waals surface area contributed by atoms with Crippen molar-refractivity contribution in [1.29, 1.82) is 0 Å². The Balaban J connectivity index is 0.000000562. The molecule has 0 saturated heterocycles. The van der Waals surface area contributed by atoms with Crippen molar-refractivity contribution in [3.05, 3.63) is 60.2 Å². The van der Waals surface area contributed by atoms with E-state index in [1.807, 2.05) is 30.3 Å². The average molecular weight is 344 g/mol. The van der Waals surface area contributed by atoms with Crippen LogP contribution in [0.1, 0.15) is 47.1 Å². The zero-order chi connectivity index (χ0) is 15.2. The van der Waals surface area contributed by atoms with Gasteiger partial charge in [-0.25, -0.2) is 12.1 Å². The third-order valence-electron chi connectivity index (χ3n) is 3.25. The summed E-state index contributed by atoms with van der Waals surface area (Å²) >= 11 is 0.